The van der Waals surface area contributed by atoms with Gasteiger partial charge in [-0.2, -0.15) is 0 Å². The number of hydrogen-bond donors (Lipinski definition) is 2. The van der Waals surface area contributed by atoms with Gasteiger partial charge < -0.3 is 20.1 Å². The van der Waals surface area contributed by atoms with Crippen molar-refractivity contribution in [1.82, 2.24) is 10.2 Å². The molecule has 1 saturated heterocycles. The van der Waals surface area contributed by atoms with Crippen LogP contribution in [0.4, 0.5) is 4.79 Å². The van der Waals surface area contributed by atoms with Crippen LogP contribution in [0.15, 0.2) is 0 Å². The van der Waals surface area contributed by atoms with Crippen molar-refractivity contribution in [2.24, 2.45) is 5.92 Å². The highest BCUT2D eigenvalue weighted by molar-refractivity contribution is 5.82. The van der Waals surface area contributed by atoms with Crippen molar-refractivity contribution in [3.8, 4) is 0 Å². The van der Waals surface area contributed by atoms with E-state index in [1.54, 1.807) is 12.0 Å². The molecule has 0 aromatic heterocycles. The number of ether oxygens (including phenoxy) is 1. The monoisotopic (exact) mass is 272 g/mol. The third-order valence-corrected chi connectivity index (χ3v) is 3.76. The Balaban J connectivity index is 2.58. The second kappa shape index (κ2) is 7.33. The number of hydrogen-bond acceptors (Lipinski definition) is 3. The molecule has 1 aliphatic rings. The summed E-state index contributed by atoms with van der Waals surface area (Å²) in [7, 11) is 1.63. The number of aliphatic carboxylic acids is 1. The lowest BCUT2D eigenvalue weighted by molar-refractivity contribution is -0.140. The largest absolute Gasteiger partial charge is 0.480 e. The Morgan fingerprint density at radius 1 is 1.53 bits per heavy atom. The molecule has 6 nitrogen and oxygen atoms in total. The Bertz CT molecular complexity index is 322. The maximum Gasteiger partial charge on any atom is 0.326 e. The highest BCUT2D eigenvalue weighted by Crippen LogP contribution is 2.14. The van der Waals surface area contributed by atoms with Crippen molar-refractivity contribution in [2.45, 2.75) is 45.3 Å². The number of nitrogens with one attached hydrogen (secondary N) is 1. The maximum atomic E-state index is 12.1. The van der Waals surface area contributed by atoms with Crippen molar-refractivity contribution in [3.63, 3.8) is 0 Å². The van der Waals surface area contributed by atoms with Gasteiger partial charge in [-0.05, 0) is 18.8 Å². The highest BCUT2D eigenvalue weighted by atomic mass is 16.5. The van der Waals surface area contributed by atoms with E-state index < -0.39 is 12.0 Å². The Labute approximate surface area is 114 Å². The number of rotatable bonds is 5. The van der Waals surface area contributed by atoms with Crippen LogP contribution in [0.1, 0.15) is 33.1 Å². The topological polar surface area (TPSA) is 78.9 Å². The molecule has 0 aliphatic carbocycles. The standard InChI is InChI=1S/C13H24N2O4/c1-4-9(2)11(12(16)17)14-13(18)15-7-5-6-10(8-15)19-3/h9-11H,4-8H2,1-3H3,(H,14,18)(H,16,17)/t9?,10?,11-/m0/s1. The van der Waals surface area contributed by atoms with Crippen molar-refractivity contribution in [3.05, 3.63) is 0 Å². The summed E-state index contributed by atoms with van der Waals surface area (Å²) in [6.45, 7) is 4.91. The zero-order chi connectivity index (χ0) is 14.4. The fourth-order valence-electron chi connectivity index (χ4n) is 2.22. The molecule has 0 aromatic rings. The highest BCUT2D eigenvalue weighted by Gasteiger charge is 2.29. The molecule has 2 amide bonds. The lowest BCUT2D eigenvalue weighted by Crippen LogP contribution is -2.53. The molecule has 1 heterocycles. The number of urea groups is 1. The zero-order valence-corrected chi connectivity index (χ0v) is 11.9. The molecule has 0 radical (unpaired) electrons. The second-order valence-corrected chi connectivity index (χ2v) is 5.10. The van der Waals surface area contributed by atoms with Gasteiger partial charge in [0.1, 0.15) is 6.04 Å². The van der Waals surface area contributed by atoms with Crippen molar-refractivity contribution in [1.29, 1.82) is 0 Å². The van der Waals surface area contributed by atoms with Gasteiger partial charge in [0.2, 0.25) is 0 Å². The van der Waals surface area contributed by atoms with E-state index in [1.165, 1.54) is 0 Å². The lowest BCUT2D eigenvalue weighted by atomic mass is 9.99. The summed E-state index contributed by atoms with van der Waals surface area (Å²) in [5.74, 6) is -1.08. The van der Waals surface area contributed by atoms with Crippen LogP contribution in [0.3, 0.4) is 0 Å². The Hall–Kier alpha value is -1.30. The molecule has 19 heavy (non-hydrogen) atoms. The van der Waals surface area contributed by atoms with E-state index in [2.05, 4.69) is 5.32 Å². The number of carbonyl (C=O) groups excluding carboxylic acids is 1. The summed E-state index contributed by atoms with van der Waals surface area (Å²) in [6, 6.07) is -1.14. The number of nitrogens with zero attached hydrogens (tertiary/aromatic N) is 1. The van der Waals surface area contributed by atoms with E-state index in [4.69, 9.17) is 9.84 Å². The average molecular weight is 272 g/mol. The molecule has 1 rings (SSSR count). The fraction of sp³-hybridized carbons (Fsp3) is 0.846. The molecule has 3 atom stereocenters. The summed E-state index contributed by atoms with van der Waals surface area (Å²) in [5, 5.41) is 11.8. The van der Waals surface area contributed by atoms with Gasteiger partial charge in [0, 0.05) is 20.2 Å². The lowest BCUT2D eigenvalue weighted by Gasteiger charge is -2.33. The summed E-state index contributed by atoms with van der Waals surface area (Å²) in [6.07, 6.45) is 2.57. The number of carboxylic acid groups (broad SMARTS) is 1. The van der Waals surface area contributed by atoms with Crippen molar-refractivity contribution in [2.75, 3.05) is 20.2 Å². The Morgan fingerprint density at radius 2 is 2.21 bits per heavy atom. The molecule has 6 heteroatoms. The van der Waals surface area contributed by atoms with E-state index in [1.807, 2.05) is 13.8 Å². The van der Waals surface area contributed by atoms with Crippen LogP contribution in [0, 0.1) is 5.92 Å². The minimum Gasteiger partial charge on any atom is -0.480 e. The molecule has 1 aliphatic heterocycles. The van der Waals surface area contributed by atoms with Crippen LogP contribution in [-0.2, 0) is 9.53 Å². The van der Waals surface area contributed by atoms with Gasteiger partial charge in [0.05, 0.1) is 6.10 Å². The predicted molar refractivity (Wildman–Crippen MR) is 71.0 cm³/mol. The Morgan fingerprint density at radius 3 is 2.74 bits per heavy atom. The molecule has 0 aromatic carbocycles. The number of methoxy groups -OCH3 is 1. The van der Waals surface area contributed by atoms with Gasteiger partial charge in [0.25, 0.3) is 0 Å². The van der Waals surface area contributed by atoms with Gasteiger partial charge in [-0.3, -0.25) is 0 Å². The molecular formula is C13H24N2O4. The summed E-state index contributed by atoms with van der Waals surface area (Å²) >= 11 is 0. The molecule has 0 spiro atoms. The SMILES string of the molecule is CCC(C)[C@H](NC(=O)N1CCCC(OC)C1)C(=O)O. The molecule has 0 bridgehead atoms. The van der Waals surface area contributed by atoms with Crippen LogP contribution in [0.2, 0.25) is 0 Å². The molecule has 2 unspecified atom stereocenters. The first-order valence-corrected chi connectivity index (χ1v) is 6.80. The predicted octanol–water partition coefficient (Wildman–Crippen LogP) is 1.31. The van der Waals surface area contributed by atoms with Crippen LogP contribution < -0.4 is 5.32 Å². The van der Waals surface area contributed by atoms with E-state index in [0.717, 1.165) is 12.8 Å². The molecule has 2 N–H and O–H groups in total. The average Bonchev–Trinajstić information content (AvgIpc) is 2.43. The first-order chi connectivity index (χ1) is 8.99. The molecular weight excluding hydrogens is 248 g/mol. The smallest absolute Gasteiger partial charge is 0.326 e. The Kier molecular flexibility index (Phi) is 6.08. The van der Waals surface area contributed by atoms with Gasteiger partial charge in [-0.1, -0.05) is 20.3 Å². The summed E-state index contributed by atoms with van der Waals surface area (Å²) in [5.41, 5.74) is 0. The minimum absolute atomic E-state index is 0.0476. The van der Waals surface area contributed by atoms with Gasteiger partial charge in [-0.25, -0.2) is 9.59 Å². The van der Waals surface area contributed by atoms with E-state index in [9.17, 15) is 9.59 Å². The summed E-state index contributed by atoms with van der Waals surface area (Å²) < 4.78 is 5.25. The van der Waals surface area contributed by atoms with E-state index in [-0.39, 0.29) is 18.1 Å². The number of amides is 2. The van der Waals surface area contributed by atoms with Crippen LogP contribution in [0.25, 0.3) is 0 Å². The first-order valence-electron chi connectivity index (χ1n) is 6.80. The normalized spacial score (nSPS) is 22.7. The maximum absolute atomic E-state index is 12.1. The van der Waals surface area contributed by atoms with E-state index in [0.29, 0.717) is 19.5 Å². The van der Waals surface area contributed by atoms with Crippen LogP contribution in [-0.4, -0.2) is 54.4 Å². The van der Waals surface area contributed by atoms with Crippen molar-refractivity contribution < 1.29 is 19.4 Å². The third kappa shape index (κ3) is 4.38. The minimum atomic E-state index is -0.983. The molecule has 1 fully saturated rings. The molecule has 110 valence electrons. The van der Waals surface area contributed by atoms with E-state index >= 15 is 0 Å². The third-order valence-electron chi connectivity index (χ3n) is 3.76. The fourth-order valence-corrected chi connectivity index (χ4v) is 2.22. The second-order valence-electron chi connectivity index (χ2n) is 5.10. The van der Waals surface area contributed by atoms with Gasteiger partial charge in [0.15, 0.2) is 0 Å². The number of likely N-dealkylation sites (tertiary alicyclic amines) is 1. The number of carbonyl (C=O) groups is 2. The van der Waals surface area contributed by atoms with Gasteiger partial charge in [-0.15, -0.1) is 0 Å². The number of carboxylic acids is 1. The molecule has 0 saturated carbocycles. The number of piperidine rings is 1. The summed E-state index contributed by atoms with van der Waals surface area (Å²) in [4.78, 5) is 24.9. The van der Waals surface area contributed by atoms with Crippen LogP contribution in [0.5, 0.6) is 0 Å². The van der Waals surface area contributed by atoms with Crippen molar-refractivity contribution >= 4 is 12.0 Å². The van der Waals surface area contributed by atoms with Crippen LogP contribution >= 0.6 is 0 Å². The first kappa shape index (κ1) is 15.8. The quantitative estimate of drug-likeness (QED) is 0.791. The van der Waals surface area contributed by atoms with Gasteiger partial charge >= 0.3 is 12.0 Å². The zero-order valence-electron chi connectivity index (χ0n) is 11.9.